The quantitative estimate of drug-likeness (QED) is 0.473. The van der Waals surface area contributed by atoms with Gasteiger partial charge in [-0.05, 0) is 19.1 Å². The first kappa shape index (κ1) is 10.4. The molecule has 0 radical (unpaired) electrons. The van der Waals surface area contributed by atoms with Crippen molar-refractivity contribution in [1.82, 2.24) is 4.98 Å². The monoisotopic (exact) mass is 212 g/mol. The van der Waals surface area contributed by atoms with Crippen LogP contribution in [-0.4, -0.2) is 10.7 Å². The number of hydrogen-bond acceptors (Lipinski definition) is 4. The van der Waals surface area contributed by atoms with Gasteiger partial charge in [-0.3, -0.25) is 0 Å². The van der Waals surface area contributed by atoms with Gasteiger partial charge in [0.25, 0.3) is 0 Å². The molecular weight excluding hydrogens is 200 g/mol. The molecule has 0 saturated heterocycles. The minimum absolute atomic E-state index is 0.650. The Bertz CT molecular complexity index is 312. The molecule has 2 nitrogen and oxygen atoms in total. The van der Waals surface area contributed by atoms with Gasteiger partial charge in [-0.1, -0.05) is 11.3 Å². The van der Waals surface area contributed by atoms with Gasteiger partial charge in [-0.25, -0.2) is 4.98 Å². The fraction of sp³-hybridized carbons (Fsp3) is 0.444. The lowest BCUT2D eigenvalue weighted by atomic mass is 10.4. The van der Waals surface area contributed by atoms with Crippen LogP contribution in [0.4, 0.5) is 5.13 Å². The van der Waals surface area contributed by atoms with Gasteiger partial charge >= 0.3 is 0 Å². The maximum Gasteiger partial charge on any atom is 0.181 e. The van der Waals surface area contributed by atoms with Crippen LogP contribution in [0.2, 0.25) is 0 Å². The van der Waals surface area contributed by atoms with Gasteiger partial charge in [0.2, 0.25) is 0 Å². The van der Waals surface area contributed by atoms with Crippen molar-refractivity contribution in [2.75, 3.05) is 11.5 Å². The number of anilines is 1. The highest BCUT2D eigenvalue weighted by molar-refractivity contribution is 8.01. The van der Waals surface area contributed by atoms with E-state index in [0.717, 1.165) is 24.3 Å². The third kappa shape index (κ3) is 3.29. The van der Waals surface area contributed by atoms with Crippen LogP contribution in [0.1, 0.15) is 18.5 Å². The van der Waals surface area contributed by atoms with Crippen LogP contribution < -0.4 is 5.73 Å². The Balaban J connectivity index is 2.37. The highest BCUT2D eigenvalue weighted by atomic mass is 32.2. The SMILES string of the molecule is C#CCCCSc1sc(N)nc1C. The van der Waals surface area contributed by atoms with Gasteiger partial charge in [-0.15, -0.1) is 24.1 Å². The average Bonchev–Trinajstić information content (AvgIpc) is 2.39. The standard InChI is InChI=1S/C9H12N2S2/c1-3-4-5-6-12-8-7(2)11-9(10)13-8/h1H,4-6H2,2H3,(H2,10,11). The Morgan fingerprint density at radius 2 is 2.46 bits per heavy atom. The Labute approximate surface area is 86.9 Å². The maximum atomic E-state index is 5.57. The number of nitrogens with two attached hydrogens (primary N) is 1. The Morgan fingerprint density at radius 1 is 1.69 bits per heavy atom. The number of thioether (sulfide) groups is 1. The lowest BCUT2D eigenvalue weighted by Gasteiger charge is -1.95. The number of hydrogen-bond donors (Lipinski definition) is 1. The smallest absolute Gasteiger partial charge is 0.181 e. The molecule has 2 N–H and O–H groups in total. The molecule has 0 aliphatic rings. The van der Waals surface area contributed by atoms with Crippen molar-refractivity contribution in [3.05, 3.63) is 5.69 Å². The molecule has 0 aliphatic heterocycles. The van der Waals surface area contributed by atoms with E-state index in [0.29, 0.717) is 5.13 Å². The van der Waals surface area contributed by atoms with Gasteiger partial charge in [0.15, 0.2) is 5.13 Å². The van der Waals surface area contributed by atoms with Crippen LogP contribution in [0.25, 0.3) is 0 Å². The number of unbranched alkanes of at least 4 members (excludes halogenated alkanes) is 1. The summed E-state index contributed by atoms with van der Waals surface area (Å²) in [4.78, 5) is 4.15. The van der Waals surface area contributed by atoms with E-state index in [4.69, 9.17) is 12.2 Å². The lowest BCUT2D eigenvalue weighted by Crippen LogP contribution is -1.81. The van der Waals surface area contributed by atoms with Gasteiger partial charge in [0.05, 0.1) is 9.90 Å². The molecule has 1 rings (SSSR count). The highest BCUT2D eigenvalue weighted by Crippen LogP contribution is 2.30. The van der Waals surface area contributed by atoms with E-state index in [-0.39, 0.29) is 0 Å². The summed E-state index contributed by atoms with van der Waals surface area (Å²) in [6, 6.07) is 0. The predicted octanol–water partition coefficient (Wildman–Crippen LogP) is 2.54. The topological polar surface area (TPSA) is 38.9 Å². The Morgan fingerprint density at radius 3 is 3.00 bits per heavy atom. The maximum absolute atomic E-state index is 5.57. The Hall–Kier alpha value is -0.660. The second-order valence-corrected chi connectivity index (χ2v) is 4.98. The molecule has 0 aromatic carbocycles. The zero-order valence-electron chi connectivity index (χ0n) is 7.54. The number of thiazole rings is 1. The van der Waals surface area contributed by atoms with E-state index < -0.39 is 0 Å². The number of nitrogen functional groups attached to an aromatic ring is 1. The van der Waals surface area contributed by atoms with E-state index in [9.17, 15) is 0 Å². The molecule has 1 aromatic heterocycles. The third-order valence-electron chi connectivity index (χ3n) is 1.47. The summed E-state index contributed by atoms with van der Waals surface area (Å²) in [5.74, 6) is 3.67. The van der Waals surface area contributed by atoms with Crippen LogP contribution >= 0.6 is 23.1 Å². The van der Waals surface area contributed by atoms with Crippen molar-refractivity contribution in [2.24, 2.45) is 0 Å². The van der Waals surface area contributed by atoms with Gasteiger partial charge in [0.1, 0.15) is 0 Å². The van der Waals surface area contributed by atoms with Crippen LogP contribution in [0.3, 0.4) is 0 Å². The van der Waals surface area contributed by atoms with Crippen molar-refractivity contribution in [3.8, 4) is 12.3 Å². The first-order chi connectivity index (χ1) is 6.24. The molecular formula is C9H12N2S2. The zero-order valence-corrected chi connectivity index (χ0v) is 9.17. The molecule has 0 amide bonds. The molecule has 1 aromatic rings. The van der Waals surface area contributed by atoms with E-state index >= 15 is 0 Å². The second-order valence-electron chi connectivity index (χ2n) is 2.58. The Kier molecular flexibility index (Phi) is 4.13. The average molecular weight is 212 g/mol. The molecule has 1 heterocycles. The molecule has 4 heteroatoms. The normalized spacial score (nSPS) is 9.85. The molecule has 0 aliphatic carbocycles. The fourth-order valence-corrected chi connectivity index (χ4v) is 2.91. The first-order valence-corrected chi connectivity index (χ1v) is 5.83. The van der Waals surface area contributed by atoms with Crippen molar-refractivity contribution < 1.29 is 0 Å². The number of aryl methyl sites for hydroxylation is 1. The van der Waals surface area contributed by atoms with Crippen molar-refractivity contribution in [3.63, 3.8) is 0 Å². The molecule has 70 valence electrons. The van der Waals surface area contributed by atoms with Gasteiger partial charge in [0, 0.05) is 6.42 Å². The van der Waals surface area contributed by atoms with Crippen molar-refractivity contribution in [2.45, 2.75) is 24.0 Å². The molecule has 0 atom stereocenters. The second kappa shape index (κ2) is 5.15. The minimum Gasteiger partial charge on any atom is -0.375 e. The number of nitrogens with zero attached hydrogens (tertiary/aromatic N) is 1. The van der Waals surface area contributed by atoms with E-state index in [1.807, 2.05) is 6.92 Å². The molecule has 0 fully saturated rings. The molecule has 0 bridgehead atoms. The number of aromatic nitrogens is 1. The van der Waals surface area contributed by atoms with E-state index in [1.54, 1.807) is 23.1 Å². The molecule has 13 heavy (non-hydrogen) atoms. The van der Waals surface area contributed by atoms with E-state index in [2.05, 4.69) is 10.9 Å². The minimum atomic E-state index is 0.650. The summed E-state index contributed by atoms with van der Waals surface area (Å²) >= 11 is 3.34. The summed E-state index contributed by atoms with van der Waals surface area (Å²) in [7, 11) is 0. The van der Waals surface area contributed by atoms with Crippen molar-refractivity contribution >= 4 is 28.2 Å². The summed E-state index contributed by atoms with van der Waals surface area (Å²) in [6.07, 6.45) is 7.05. The van der Waals surface area contributed by atoms with Gasteiger partial charge in [-0.2, -0.15) is 0 Å². The fourth-order valence-electron chi connectivity index (χ4n) is 0.876. The third-order valence-corrected chi connectivity index (χ3v) is 3.90. The number of rotatable bonds is 4. The summed E-state index contributed by atoms with van der Waals surface area (Å²) in [5, 5.41) is 0.650. The molecule has 0 spiro atoms. The zero-order chi connectivity index (χ0) is 9.68. The molecule has 0 saturated carbocycles. The highest BCUT2D eigenvalue weighted by Gasteiger charge is 2.04. The van der Waals surface area contributed by atoms with Gasteiger partial charge < -0.3 is 5.73 Å². The lowest BCUT2D eigenvalue weighted by molar-refractivity contribution is 0.997. The summed E-state index contributed by atoms with van der Waals surface area (Å²) in [6.45, 7) is 1.98. The van der Waals surface area contributed by atoms with Crippen LogP contribution in [-0.2, 0) is 0 Å². The van der Waals surface area contributed by atoms with Crippen LogP contribution in [0.5, 0.6) is 0 Å². The predicted molar refractivity (Wildman–Crippen MR) is 60.1 cm³/mol. The van der Waals surface area contributed by atoms with Crippen molar-refractivity contribution in [1.29, 1.82) is 0 Å². The first-order valence-electron chi connectivity index (χ1n) is 4.03. The van der Waals surface area contributed by atoms with Crippen LogP contribution in [0.15, 0.2) is 4.21 Å². The largest absolute Gasteiger partial charge is 0.375 e. The van der Waals surface area contributed by atoms with Crippen LogP contribution in [0, 0.1) is 19.3 Å². The molecule has 0 unspecified atom stereocenters. The number of terminal acetylenes is 1. The summed E-state index contributed by atoms with van der Waals surface area (Å²) < 4.78 is 1.22. The summed E-state index contributed by atoms with van der Waals surface area (Å²) in [5.41, 5.74) is 6.61. The van der Waals surface area contributed by atoms with E-state index in [1.165, 1.54) is 4.21 Å².